The van der Waals surface area contributed by atoms with Gasteiger partial charge in [-0.3, -0.25) is 0 Å². The molecule has 3 nitrogen and oxygen atoms in total. The maximum Gasteiger partial charge on any atom is 0.387 e. The molecule has 6 heteroatoms. The third-order valence-electron chi connectivity index (χ3n) is 3.20. The lowest BCUT2D eigenvalue weighted by molar-refractivity contribution is -0.0498. The molecule has 0 heterocycles. The summed E-state index contributed by atoms with van der Waals surface area (Å²) in [6.07, 6.45) is 0. The van der Waals surface area contributed by atoms with Crippen LogP contribution < -0.4 is 10.1 Å². The molecule has 2 aromatic carbocycles. The van der Waals surface area contributed by atoms with Gasteiger partial charge in [-0.1, -0.05) is 42.5 Å². The van der Waals surface area contributed by atoms with E-state index in [4.69, 9.17) is 12.2 Å². The van der Waals surface area contributed by atoms with Crippen molar-refractivity contribution in [3.8, 4) is 5.75 Å². The summed E-state index contributed by atoms with van der Waals surface area (Å²) in [5.74, 6) is 0.149. The first-order valence-corrected chi connectivity index (χ1v) is 7.52. The highest BCUT2D eigenvalue weighted by molar-refractivity contribution is 7.80. The van der Waals surface area contributed by atoms with Crippen LogP contribution in [0.2, 0.25) is 0 Å². The Hall–Kier alpha value is -2.21. The number of hydrogen-bond donors (Lipinski definition) is 1. The van der Waals surface area contributed by atoms with Gasteiger partial charge in [0.25, 0.3) is 0 Å². The lowest BCUT2D eigenvalue weighted by Crippen LogP contribution is -2.36. The monoisotopic (exact) mass is 336 g/mol. The minimum Gasteiger partial charge on any atom is -0.435 e. The molecule has 0 spiro atoms. The molecule has 0 aliphatic rings. The Morgan fingerprint density at radius 2 is 1.74 bits per heavy atom. The van der Waals surface area contributed by atoms with Gasteiger partial charge >= 0.3 is 6.61 Å². The molecule has 0 radical (unpaired) electrons. The highest BCUT2D eigenvalue weighted by atomic mass is 32.1. The fourth-order valence-corrected chi connectivity index (χ4v) is 2.17. The van der Waals surface area contributed by atoms with E-state index in [1.807, 2.05) is 42.3 Å². The first-order valence-electron chi connectivity index (χ1n) is 7.11. The van der Waals surface area contributed by atoms with Crippen molar-refractivity contribution in [3.63, 3.8) is 0 Å². The Bertz CT molecular complexity index is 620. The van der Waals surface area contributed by atoms with Crippen LogP contribution in [0, 0.1) is 0 Å². The first-order chi connectivity index (χ1) is 11.0. The van der Waals surface area contributed by atoms with Crippen molar-refractivity contribution in [2.45, 2.75) is 19.7 Å². The van der Waals surface area contributed by atoms with E-state index in [9.17, 15) is 8.78 Å². The second kappa shape index (κ2) is 8.43. The molecule has 0 unspecified atom stereocenters. The molecule has 0 bridgehead atoms. The normalized spacial score (nSPS) is 10.4. The molecule has 23 heavy (non-hydrogen) atoms. The second-order valence-electron chi connectivity index (χ2n) is 5.02. The van der Waals surface area contributed by atoms with Crippen LogP contribution in [0.5, 0.6) is 5.75 Å². The van der Waals surface area contributed by atoms with Crippen LogP contribution in [0.15, 0.2) is 54.6 Å². The highest BCUT2D eigenvalue weighted by Crippen LogP contribution is 2.15. The van der Waals surface area contributed by atoms with E-state index >= 15 is 0 Å². The minimum absolute atomic E-state index is 0.149. The van der Waals surface area contributed by atoms with Gasteiger partial charge in [-0.05, 0) is 35.5 Å². The largest absolute Gasteiger partial charge is 0.435 e. The molecule has 0 aliphatic heterocycles. The summed E-state index contributed by atoms with van der Waals surface area (Å²) in [6, 6.07) is 16.5. The molecular formula is C17H18F2N2OS. The van der Waals surface area contributed by atoms with Gasteiger partial charge in [-0.2, -0.15) is 8.78 Å². The molecule has 0 atom stereocenters. The van der Waals surface area contributed by atoms with E-state index in [2.05, 4.69) is 10.1 Å². The summed E-state index contributed by atoms with van der Waals surface area (Å²) in [7, 11) is 1.88. The van der Waals surface area contributed by atoms with Crippen LogP contribution in [0.4, 0.5) is 8.78 Å². The lowest BCUT2D eigenvalue weighted by Gasteiger charge is -2.21. The fourth-order valence-electron chi connectivity index (χ4n) is 2.03. The van der Waals surface area contributed by atoms with Gasteiger partial charge in [0.15, 0.2) is 5.11 Å². The number of ether oxygens (including phenoxy) is 1. The molecule has 0 saturated heterocycles. The molecule has 0 aromatic heterocycles. The number of halogens is 2. The van der Waals surface area contributed by atoms with Gasteiger partial charge in [-0.25, -0.2) is 0 Å². The molecule has 0 amide bonds. The average Bonchev–Trinajstić information content (AvgIpc) is 2.55. The predicted octanol–water partition coefficient (Wildman–Crippen LogP) is 3.79. The van der Waals surface area contributed by atoms with Gasteiger partial charge in [0.1, 0.15) is 5.75 Å². The summed E-state index contributed by atoms with van der Waals surface area (Å²) in [6.45, 7) is -1.57. The van der Waals surface area contributed by atoms with Crippen LogP contribution in [0.3, 0.4) is 0 Å². The Morgan fingerprint density at radius 1 is 1.09 bits per heavy atom. The van der Waals surface area contributed by atoms with Crippen LogP contribution in [-0.2, 0) is 13.1 Å². The van der Waals surface area contributed by atoms with E-state index in [1.165, 1.54) is 12.1 Å². The number of hydrogen-bond acceptors (Lipinski definition) is 2. The van der Waals surface area contributed by atoms with Crippen molar-refractivity contribution >= 4 is 17.3 Å². The average molecular weight is 336 g/mol. The Morgan fingerprint density at radius 3 is 2.35 bits per heavy atom. The van der Waals surface area contributed by atoms with Crippen LogP contribution in [0.25, 0.3) is 0 Å². The van der Waals surface area contributed by atoms with Gasteiger partial charge in [0, 0.05) is 20.1 Å². The highest BCUT2D eigenvalue weighted by Gasteiger charge is 2.07. The smallest absolute Gasteiger partial charge is 0.387 e. The number of rotatable bonds is 6. The quantitative estimate of drug-likeness (QED) is 0.811. The SMILES string of the molecule is CN(Cc1ccc(OC(F)F)cc1)C(=S)NCc1ccccc1. The molecular weight excluding hydrogens is 318 g/mol. The van der Waals surface area contributed by atoms with E-state index in [-0.39, 0.29) is 5.75 Å². The van der Waals surface area contributed by atoms with E-state index in [0.717, 1.165) is 11.1 Å². The molecule has 122 valence electrons. The Balaban J connectivity index is 1.83. The number of nitrogens with one attached hydrogen (secondary N) is 1. The summed E-state index contributed by atoms with van der Waals surface area (Å²) >= 11 is 5.35. The van der Waals surface area contributed by atoms with Crippen molar-refractivity contribution in [1.29, 1.82) is 0 Å². The maximum atomic E-state index is 12.1. The van der Waals surface area contributed by atoms with Crippen molar-refractivity contribution < 1.29 is 13.5 Å². The zero-order valence-electron chi connectivity index (χ0n) is 12.7. The molecule has 0 aliphatic carbocycles. The summed E-state index contributed by atoms with van der Waals surface area (Å²) in [5.41, 5.74) is 2.11. The summed E-state index contributed by atoms with van der Waals surface area (Å²) in [4.78, 5) is 1.89. The van der Waals surface area contributed by atoms with Crippen LogP contribution in [-0.4, -0.2) is 23.7 Å². The van der Waals surface area contributed by atoms with Crippen LogP contribution >= 0.6 is 12.2 Å². The van der Waals surface area contributed by atoms with Gasteiger partial charge in [0.2, 0.25) is 0 Å². The second-order valence-corrected chi connectivity index (χ2v) is 5.41. The molecule has 0 fully saturated rings. The van der Waals surface area contributed by atoms with Crippen molar-refractivity contribution in [2.75, 3.05) is 7.05 Å². The lowest BCUT2D eigenvalue weighted by atomic mass is 10.2. The van der Waals surface area contributed by atoms with Crippen molar-refractivity contribution in [3.05, 3.63) is 65.7 Å². The third-order valence-corrected chi connectivity index (χ3v) is 3.66. The van der Waals surface area contributed by atoms with Crippen molar-refractivity contribution in [1.82, 2.24) is 10.2 Å². The Labute approximate surface area is 139 Å². The van der Waals surface area contributed by atoms with Gasteiger partial charge in [0.05, 0.1) is 0 Å². The zero-order valence-corrected chi connectivity index (χ0v) is 13.5. The standard InChI is InChI=1S/C17H18F2N2OS/c1-21(17(23)20-11-13-5-3-2-4-6-13)12-14-7-9-15(10-8-14)22-16(18)19/h2-10,16H,11-12H2,1H3,(H,20,23). The van der Waals surface area contributed by atoms with E-state index in [0.29, 0.717) is 18.2 Å². The topological polar surface area (TPSA) is 24.5 Å². The zero-order chi connectivity index (χ0) is 16.7. The predicted molar refractivity (Wildman–Crippen MR) is 90.4 cm³/mol. The summed E-state index contributed by atoms with van der Waals surface area (Å²) in [5, 5.41) is 3.82. The number of nitrogens with zero attached hydrogens (tertiary/aromatic N) is 1. The Kier molecular flexibility index (Phi) is 6.29. The first kappa shape index (κ1) is 17.1. The molecule has 1 N–H and O–H groups in total. The molecule has 2 rings (SSSR count). The third kappa shape index (κ3) is 5.83. The number of thiocarbonyl (C=S) groups is 1. The molecule has 0 saturated carbocycles. The maximum absolute atomic E-state index is 12.1. The summed E-state index contributed by atoms with van der Waals surface area (Å²) < 4.78 is 28.5. The van der Waals surface area contributed by atoms with Crippen LogP contribution in [0.1, 0.15) is 11.1 Å². The van der Waals surface area contributed by atoms with Crippen molar-refractivity contribution in [2.24, 2.45) is 0 Å². The fraction of sp³-hybridized carbons (Fsp3) is 0.235. The van der Waals surface area contributed by atoms with E-state index in [1.54, 1.807) is 12.1 Å². The minimum atomic E-state index is -2.81. The number of alkyl halides is 2. The van der Waals surface area contributed by atoms with E-state index < -0.39 is 6.61 Å². The van der Waals surface area contributed by atoms with Gasteiger partial charge in [-0.15, -0.1) is 0 Å². The molecule has 2 aromatic rings. The number of benzene rings is 2. The van der Waals surface area contributed by atoms with Gasteiger partial charge < -0.3 is 15.0 Å².